The predicted molar refractivity (Wildman–Crippen MR) is 87.0 cm³/mol. The van der Waals surface area contributed by atoms with Gasteiger partial charge in [-0.25, -0.2) is 8.42 Å². The molecule has 0 aliphatic heterocycles. The minimum absolute atomic E-state index is 0.0516. The molecule has 12 heteroatoms. The molecule has 0 bridgehead atoms. The second kappa shape index (κ2) is 7.38. The van der Waals surface area contributed by atoms with Crippen LogP contribution in [0.1, 0.15) is 0 Å². The van der Waals surface area contributed by atoms with Crippen LogP contribution >= 0.6 is 23.2 Å². The van der Waals surface area contributed by atoms with Crippen molar-refractivity contribution in [1.29, 1.82) is 0 Å². The first kappa shape index (κ1) is 19.2. The summed E-state index contributed by atoms with van der Waals surface area (Å²) in [5.74, 6) is -0.332. The summed E-state index contributed by atoms with van der Waals surface area (Å²) in [6.45, 7) is -3.09. The number of halogens is 4. The summed E-state index contributed by atoms with van der Waals surface area (Å²) in [7, 11) is -4.20. The summed E-state index contributed by atoms with van der Waals surface area (Å²) in [5.41, 5.74) is -0.632. The normalized spacial score (nSPS) is 11.4. The highest BCUT2D eigenvalue weighted by atomic mass is 35.5. The topological polar surface area (TPSA) is 98.5 Å². The van der Waals surface area contributed by atoms with Gasteiger partial charge < -0.3 is 4.74 Å². The van der Waals surface area contributed by atoms with E-state index in [9.17, 15) is 27.3 Å². The fourth-order valence-corrected chi connectivity index (χ4v) is 3.25. The quantitative estimate of drug-likeness (QED) is 0.562. The first-order chi connectivity index (χ1) is 11.6. The fourth-order valence-electron chi connectivity index (χ4n) is 1.77. The molecule has 0 radical (unpaired) electrons. The zero-order valence-electron chi connectivity index (χ0n) is 12.0. The molecule has 0 aliphatic rings. The molecule has 0 aliphatic carbocycles. The third kappa shape index (κ3) is 4.68. The third-order valence-electron chi connectivity index (χ3n) is 2.82. The molecule has 7 nitrogen and oxygen atoms in total. The number of nitrogens with one attached hydrogen (secondary N) is 1. The zero-order valence-corrected chi connectivity index (χ0v) is 14.3. The molecule has 0 unspecified atom stereocenters. The molecule has 0 aromatic heterocycles. The van der Waals surface area contributed by atoms with E-state index in [1.165, 1.54) is 0 Å². The summed E-state index contributed by atoms with van der Waals surface area (Å²) >= 11 is 11.4. The molecule has 25 heavy (non-hydrogen) atoms. The van der Waals surface area contributed by atoms with Crippen molar-refractivity contribution in [1.82, 2.24) is 0 Å². The van der Waals surface area contributed by atoms with Crippen LogP contribution in [0.3, 0.4) is 0 Å². The second-order valence-corrected chi connectivity index (χ2v) is 7.00. The Morgan fingerprint density at radius 2 is 1.80 bits per heavy atom. The standard InChI is InChI=1S/C13H8Cl2F2N2O5S/c14-9-3-2-8(6-11(9)19(20)21)25(22,23)18-7-1-4-12(10(15)5-7)24-13(16)17/h1-6,13,18H. The second-order valence-electron chi connectivity index (χ2n) is 4.50. The lowest BCUT2D eigenvalue weighted by atomic mass is 10.3. The van der Waals surface area contributed by atoms with Crippen LogP contribution in [-0.4, -0.2) is 20.0 Å². The maximum absolute atomic E-state index is 12.3. The highest BCUT2D eigenvalue weighted by Crippen LogP contribution is 2.31. The molecule has 0 spiro atoms. The number of nitrogens with zero attached hydrogens (tertiary/aromatic N) is 1. The lowest BCUT2D eigenvalue weighted by Crippen LogP contribution is -2.13. The van der Waals surface area contributed by atoms with E-state index in [1.807, 2.05) is 0 Å². The number of sulfonamides is 1. The Kier molecular flexibility index (Phi) is 5.65. The average Bonchev–Trinajstić information content (AvgIpc) is 2.49. The lowest BCUT2D eigenvalue weighted by Gasteiger charge is -2.11. The highest BCUT2D eigenvalue weighted by molar-refractivity contribution is 7.92. The summed E-state index contributed by atoms with van der Waals surface area (Å²) in [6.07, 6.45) is 0. The van der Waals surface area contributed by atoms with Gasteiger partial charge in [0.05, 0.1) is 20.5 Å². The number of nitro groups is 1. The van der Waals surface area contributed by atoms with Crippen molar-refractivity contribution < 1.29 is 26.9 Å². The van der Waals surface area contributed by atoms with Gasteiger partial charge in [0.2, 0.25) is 0 Å². The Morgan fingerprint density at radius 3 is 2.36 bits per heavy atom. The van der Waals surface area contributed by atoms with Crippen molar-refractivity contribution >= 4 is 44.6 Å². The molecule has 2 rings (SSSR count). The van der Waals surface area contributed by atoms with Crippen LogP contribution in [-0.2, 0) is 10.0 Å². The number of rotatable bonds is 6. The fraction of sp³-hybridized carbons (Fsp3) is 0.0769. The van der Waals surface area contributed by atoms with Gasteiger partial charge in [-0.2, -0.15) is 8.78 Å². The van der Waals surface area contributed by atoms with E-state index in [1.54, 1.807) is 0 Å². The largest absolute Gasteiger partial charge is 0.433 e. The predicted octanol–water partition coefficient (Wildman–Crippen LogP) is 4.30. The molecule has 1 N–H and O–H groups in total. The van der Waals surface area contributed by atoms with Crippen LogP contribution in [0.5, 0.6) is 5.75 Å². The average molecular weight is 413 g/mol. The SMILES string of the molecule is O=[N+]([O-])c1cc(S(=O)(=O)Nc2ccc(OC(F)F)c(Cl)c2)ccc1Cl. The van der Waals surface area contributed by atoms with E-state index in [2.05, 4.69) is 9.46 Å². The number of hydrogen-bond donors (Lipinski definition) is 1. The smallest absolute Gasteiger partial charge is 0.387 e. The van der Waals surface area contributed by atoms with E-state index in [-0.39, 0.29) is 21.5 Å². The van der Waals surface area contributed by atoms with E-state index in [0.717, 1.165) is 36.4 Å². The number of nitro benzene ring substituents is 1. The molecule has 2 aromatic carbocycles. The van der Waals surface area contributed by atoms with Gasteiger partial charge in [-0.3, -0.25) is 14.8 Å². The third-order valence-corrected chi connectivity index (χ3v) is 4.82. The molecule has 2 aromatic rings. The van der Waals surface area contributed by atoms with Gasteiger partial charge in [-0.15, -0.1) is 0 Å². The van der Waals surface area contributed by atoms with Crippen LogP contribution in [0.4, 0.5) is 20.2 Å². The molecule has 0 heterocycles. The van der Waals surface area contributed by atoms with Gasteiger partial charge in [0.1, 0.15) is 10.8 Å². The van der Waals surface area contributed by atoms with Crippen molar-refractivity contribution in [2.24, 2.45) is 0 Å². The summed E-state index contributed by atoms with van der Waals surface area (Å²) in [4.78, 5) is 9.61. The zero-order chi connectivity index (χ0) is 18.8. The molecular weight excluding hydrogens is 405 g/mol. The molecule has 0 atom stereocenters. The monoisotopic (exact) mass is 412 g/mol. The summed E-state index contributed by atoms with van der Waals surface area (Å²) < 4.78 is 55.2. The van der Waals surface area contributed by atoms with Gasteiger partial charge in [0.25, 0.3) is 15.7 Å². The lowest BCUT2D eigenvalue weighted by molar-refractivity contribution is -0.384. The minimum atomic E-state index is -4.20. The van der Waals surface area contributed by atoms with E-state index >= 15 is 0 Å². The minimum Gasteiger partial charge on any atom is -0.433 e. The van der Waals surface area contributed by atoms with Crippen LogP contribution in [0.15, 0.2) is 41.3 Å². The summed E-state index contributed by atoms with van der Waals surface area (Å²) in [6, 6.07) is 6.19. The molecule has 0 saturated heterocycles. The Morgan fingerprint density at radius 1 is 1.12 bits per heavy atom. The number of alkyl halides is 2. The van der Waals surface area contributed by atoms with Gasteiger partial charge in [0, 0.05) is 6.07 Å². The first-order valence-electron chi connectivity index (χ1n) is 6.31. The number of anilines is 1. The van der Waals surface area contributed by atoms with Gasteiger partial charge >= 0.3 is 6.61 Å². The van der Waals surface area contributed by atoms with E-state index in [4.69, 9.17) is 23.2 Å². The van der Waals surface area contributed by atoms with Crippen molar-refractivity contribution in [3.63, 3.8) is 0 Å². The number of ether oxygens (including phenoxy) is 1. The Labute approximate surface area is 150 Å². The maximum atomic E-state index is 12.3. The van der Waals surface area contributed by atoms with Gasteiger partial charge in [-0.1, -0.05) is 23.2 Å². The van der Waals surface area contributed by atoms with E-state index in [0.29, 0.717) is 0 Å². The van der Waals surface area contributed by atoms with Crippen molar-refractivity contribution in [2.75, 3.05) is 4.72 Å². The molecule has 0 amide bonds. The summed E-state index contributed by atoms with van der Waals surface area (Å²) in [5, 5.41) is 10.4. The first-order valence-corrected chi connectivity index (χ1v) is 8.55. The molecular formula is C13H8Cl2F2N2O5S. The van der Waals surface area contributed by atoms with Crippen molar-refractivity contribution in [3.05, 3.63) is 56.6 Å². The van der Waals surface area contributed by atoms with Crippen molar-refractivity contribution in [2.45, 2.75) is 11.5 Å². The van der Waals surface area contributed by atoms with Gasteiger partial charge in [-0.05, 0) is 30.3 Å². The Bertz CT molecular complexity index is 925. The maximum Gasteiger partial charge on any atom is 0.387 e. The highest BCUT2D eigenvalue weighted by Gasteiger charge is 2.21. The van der Waals surface area contributed by atoms with Crippen molar-refractivity contribution in [3.8, 4) is 5.75 Å². The number of hydrogen-bond acceptors (Lipinski definition) is 5. The van der Waals surface area contributed by atoms with E-state index < -0.39 is 32.1 Å². The van der Waals surface area contributed by atoms with Crippen LogP contribution < -0.4 is 9.46 Å². The molecule has 134 valence electrons. The van der Waals surface area contributed by atoms with Gasteiger partial charge in [0.15, 0.2) is 0 Å². The van der Waals surface area contributed by atoms with Crippen LogP contribution in [0.2, 0.25) is 10.0 Å². The van der Waals surface area contributed by atoms with Crippen LogP contribution in [0.25, 0.3) is 0 Å². The molecule has 0 fully saturated rings. The number of benzene rings is 2. The van der Waals surface area contributed by atoms with Crippen LogP contribution in [0, 0.1) is 10.1 Å². The Hall–Kier alpha value is -2.17. The molecule has 0 saturated carbocycles. The Balaban J connectivity index is 2.31.